The molecule has 2 nitrogen and oxygen atoms in total. The molecule has 1 aromatic carbocycles. The maximum atomic E-state index is 4.68. The van der Waals surface area contributed by atoms with Gasteiger partial charge in [-0.05, 0) is 36.8 Å². The minimum atomic E-state index is 0.795. The molecule has 20 heavy (non-hydrogen) atoms. The molecule has 0 N–H and O–H groups in total. The van der Waals surface area contributed by atoms with Gasteiger partial charge in [0, 0.05) is 11.4 Å². The van der Waals surface area contributed by atoms with Crippen LogP contribution in [0.4, 0.5) is 0 Å². The van der Waals surface area contributed by atoms with Gasteiger partial charge >= 0.3 is 0 Å². The van der Waals surface area contributed by atoms with Gasteiger partial charge in [0.2, 0.25) is 0 Å². The Morgan fingerprint density at radius 1 is 0.750 bits per heavy atom. The van der Waals surface area contributed by atoms with Gasteiger partial charge in [0.05, 0.1) is 13.1 Å². The average Bonchev–Trinajstić information content (AvgIpc) is 2.50. The molecule has 0 atom stereocenters. The fraction of sp³-hybridized carbons (Fsp3) is 0.556. The number of benzene rings is 1. The molecule has 0 aliphatic rings. The molecule has 0 bridgehead atoms. The standard InChI is InChI=1S/C18H28N2/c1-5-17(6-2)19-13-15-10-9-11-16(12-15)14-20-18(7-3)8-4/h9-12H,5-8,13-14H2,1-4H3. The first kappa shape index (κ1) is 16.6. The summed E-state index contributed by atoms with van der Waals surface area (Å²) in [7, 11) is 0. The first-order valence-corrected chi connectivity index (χ1v) is 7.85. The van der Waals surface area contributed by atoms with Crippen molar-refractivity contribution in [1.29, 1.82) is 0 Å². The van der Waals surface area contributed by atoms with Crippen LogP contribution >= 0.6 is 0 Å². The summed E-state index contributed by atoms with van der Waals surface area (Å²) in [5.74, 6) is 0. The summed E-state index contributed by atoms with van der Waals surface area (Å²) in [6.45, 7) is 10.3. The van der Waals surface area contributed by atoms with Gasteiger partial charge in [-0.3, -0.25) is 9.98 Å². The monoisotopic (exact) mass is 272 g/mol. The molecule has 0 aliphatic heterocycles. The molecule has 0 aromatic heterocycles. The first-order valence-electron chi connectivity index (χ1n) is 7.85. The third-order valence-electron chi connectivity index (χ3n) is 3.59. The predicted octanol–water partition coefficient (Wildman–Crippen LogP) is 5.21. The number of hydrogen-bond acceptors (Lipinski definition) is 2. The fourth-order valence-corrected chi connectivity index (χ4v) is 2.18. The summed E-state index contributed by atoms with van der Waals surface area (Å²) < 4.78 is 0. The van der Waals surface area contributed by atoms with Crippen molar-refractivity contribution >= 4 is 11.4 Å². The summed E-state index contributed by atoms with van der Waals surface area (Å²) >= 11 is 0. The molecule has 1 aromatic rings. The molecule has 0 unspecified atom stereocenters. The minimum absolute atomic E-state index is 0.795. The van der Waals surface area contributed by atoms with E-state index in [9.17, 15) is 0 Å². The Morgan fingerprint density at radius 2 is 1.15 bits per heavy atom. The first-order chi connectivity index (χ1) is 9.73. The highest BCUT2D eigenvalue weighted by Crippen LogP contribution is 2.09. The zero-order chi connectivity index (χ0) is 14.8. The third kappa shape index (κ3) is 5.68. The predicted molar refractivity (Wildman–Crippen MR) is 89.9 cm³/mol. The SMILES string of the molecule is CCC(CC)=NCc1cccc(CN=C(CC)CC)c1. The van der Waals surface area contributed by atoms with Crippen LogP contribution in [-0.4, -0.2) is 11.4 Å². The van der Waals surface area contributed by atoms with Crippen molar-refractivity contribution in [3.63, 3.8) is 0 Å². The number of rotatable bonds is 8. The third-order valence-corrected chi connectivity index (χ3v) is 3.59. The van der Waals surface area contributed by atoms with E-state index in [1.54, 1.807) is 0 Å². The lowest BCUT2D eigenvalue weighted by atomic mass is 10.1. The van der Waals surface area contributed by atoms with Crippen molar-refractivity contribution in [1.82, 2.24) is 0 Å². The molecule has 0 saturated carbocycles. The van der Waals surface area contributed by atoms with Crippen molar-refractivity contribution in [2.45, 2.75) is 66.5 Å². The van der Waals surface area contributed by atoms with Crippen LogP contribution in [0.15, 0.2) is 34.3 Å². The van der Waals surface area contributed by atoms with Crippen molar-refractivity contribution in [3.05, 3.63) is 35.4 Å². The molecule has 1 rings (SSSR count). The van der Waals surface area contributed by atoms with Crippen molar-refractivity contribution < 1.29 is 0 Å². The van der Waals surface area contributed by atoms with Gasteiger partial charge in [0.15, 0.2) is 0 Å². The molecule has 0 saturated heterocycles. The van der Waals surface area contributed by atoms with Gasteiger partial charge in [0.1, 0.15) is 0 Å². The van der Waals surface area contributed by atoms with Crippen molar-refractivity contribution in [3.8, 4) is 0 Å². The molecule has 0 spiro atoms. The largest absolute Gasteiger partial charge is 0.289 e. The Labute approximate surface area is 124 Å². The van der Waals surface area contributed by atoms with Gasteiger partial charge in [-0.15, -0.1) is 0 Å². The van der Waals surface area contributed by atoms with E-state index in [-0.39, 0.29) is 0 Å². The van der Waals surface area contributed by atoms with Gasteiger partial charge < -0.3 is 0 Å². The van der Waals surface area contributed by atoms with Crippen molar-refractivity contribution in [2.75, 3.05) is 0 Å². The fourth-order valence-electron chi connectivity index (χ4n) is 2.18. The van der Waals surface area contributed by atoms with Gasteiger partial charge in [-0.25, -0.2) is 0 Å². The second-order valence-electron chi connectivity index (χ2n) is 5.00. The van der Waals surface area contributed by atoms with E-state index in [2.05, 4.69) is 61.9 Å². The minimum Gasteiger partial charge on any atom is -0.289 e. The Balaban J connectivity index is 2.71. The van der Waals surface area contributed by atoms with Crippen LogP contribution in [0.3, 0.4) is 0 Å². The smallest absolute Gasteiger partial charge is 0.0639 e. The van der Waals surface area contributed by atoms with E-state index < -0.39 is 0 Å². The summed E-state index contributed by atoms with van der Waals surface area (Å²) in [5, 5.41) is 0. The van der Waals surface area contributed by atoms with Crippen LogP contribution in [-0.2, 0) is 13.1 Å². The summed E-state index contributed by atoms with van der Waals surface area (Å²) in [6, 6.07) is 8.66. The summed E-state index contributed by atoms with van der Waals surface area (Å²) in [6.07, 6.45) is 4.21. The molecular formula is C18H28N2. The van der Waals surface area contributed by atoms with E-state index >= 15 is 0 Å². The van der Waals surface area contributed by atoms with E-state index in [0.29, 0.717) is 0 Å². The summed E-state index contributed by atoms with van der Waals surface area (Å²) in [5.41, 5.74) is 5.17. The highest BCUT2D eigenvalue weighted by molar-refractivity contribution is 5.84. The van der Waals surface area contributed by atoms with Gasteiger partial charge in [-0.1, -0.05) is 52.0 Å². The normalized spacial score (nSPS) is 10.2. The van der Waals surface area contributed by atoms with Crippen LogP contribution in [0, 0.1) is 0 Å². The van der Waals surface area contributed by atoms with Gasteiger partial charge in [-0.2, -0.15) is 0 Å². The zero-order valence-corrected chi connectivity index (χ0v) is 13.4. The highest BCUT2D eigenvalue weighted by Gasteiger charge is 1.98. The Morgan fingerprint density at radius 3 is 1.50 bits per heavy atom. The second kappa shape index (κ2) is 9.46. The lowest BCUT2D eigenvalue weighted by molar-refractivity contribution is 0.987. The lowest BCUT2D eigenvalue weighted by Gasteiger charge is -2.04. The maximum absolute atomic E-state index is 4.68. The number of nitrogens with zero attached hydrogens (tertiary/aromatic N) is 2. The number of hydrogen-bond donors (Lipinski definition) is 0. The zero-order valence-electron chi connectivity index (χ0n) is 13.4. The molecule has 0 radical (unpaired) electrons. The lowest BCUT2D eigenvalue weighted by Crippen LogP contribution is -1.96. The molecule has 0 fully saturated rings. The van der Waals surface area contributed by atoms with Crippen LogP contribution in [0.25, 0.3) is 0 Å². The Kier molecular flexibility index (Phi) is 7.86. The topological polar surface area (TPSA) is 24.7 Å². The van der Waals surface area contributed by atoms with E-state index in [4.69, 9.17) is 0 Å². The summed E-state index contributed by atoms with van der Waals surface area (Å²) in [4.78, 5) is 9.36. The van der Waals surface area contributed by atoms with E-state index in [1.807, 2.05) is 0 Å². The second-order valence-corrected chi connectivity index (χ2v) is 5.00. The Bertz CT molecular complexity index is 407. The average molecular weight is 272 g/mol. The molecule has 0 amide bonds. The van der Waals surface area contributed by atoms with Crippen LogP contribution in [0.1, 0.15) is 64.5 Å². The van der Waals surface area contributed by atoms with Crippen molar-refractivity contribution in [2.24, 2.45) is 9.98 Å². The maximum Gasteiger partial charge on any atom is 0.0639 e. The number of aliphatic imine (C=N–C) groups is 2. The van der Waals surface area contributed by atoms with E-state index in [1.165, 1.54) is 22.6 Å². The molecule has 0 aliphatic carbocycles. The van der Waals surface area contributed by atoms with E-state index in [0.717, 1.165) is 38.8 Å². The molecule has 110 valence electrons. The molecular weight excluding hydrogens is 244 g/mol. The Hall–Kier alpha value is -1.44. The van der Waals surface area contributed by atoms with Crippen LogP contribution in [0.2, 0.25) is 0 Å². The molecule has 2 heteroatoms. The van der Waals surface area contributed by atoms with Gasteiger partial charge in [0.25, 0.3) is 0 Å². The van der Waals surface area contributed by atoms with Crippen LogP contribution < -0.4 is 0 Å². The quantitative estimate of drug-likeness (QED) is 0.580. The molecule has 0 heterocycles. The van der Waals surface area contributed by atoms with Crippen LogP contribution in [0.5, 0.6) is 0 Å². The highest BCUT2D eigenvalue weighted by atomic mass is 14.7.